The maximum atomic E-state index is 11.6. The van der Waals surface area contributed by atoms with Crippen LogP contribution in [0.4, 0.5) is 4.79 Å². The van der Waals surface area contributed by atoms with E-state index in [0.29, 0.717) is 12.8 Å². The highest BCUT2D eigenvalue weighted by molar-refractivity contribution is 5.82. The summed E-state index contributed by atoms with van der Waals surface area (Å²) in [5, 5.41) is 12.8. The molecule has 2 N–H and O–H groups in total. The van der Waals surface area contributed by atoms with Gasteiger partial charge in [-0.15, -0.1) is 0 Å². The standard InChI is InChI=1S/C12H21NO5/c1-11(2,3)18-10(15)13-8-6-5-7-12(8,16)9(14)17-4/h8,16H,5-7H2,1-4H3,(H,13,15). The molecule has 2 unspecified atom stereocenters. The summed E-state index contributed by atoms with van der Waals surface area (Å²) in [7, 11) is 1.21. The Hall–Kier alpha value is -1.30. The molecule has 1 rings (SSSR count). The Morgan fingerprint density at radius 2 is 2.00 bits per heavy atom. The van der Waals surface area contributed by atoms with E-state index in [2.05, 4.69) is 10.1 Å². The number of carbonyl (C=O) groups excluding carboxylic acids is 2. The summed E-state index contributed by atoms with van der Waals surface area (Å²) in [4.78, 5) is 23.2. The monoisotopic (exact) mass is 259 g/mol. The van der Waals surface area contributed by atoms with Gasteiger partial charge in [-0.2, -0.15) is 0 Å². The van der Waals surface area contributed by atoms with E-state index in [0.717, 1.165) is 0 Å². The van der Waals surface area contributed by atoms with E-state index in [1.165, 1.54) is 7.11 Å². The lowest BCUT2D eigenvalue weighted by molar-refractivity contribution is -0.163. The molecular formula is C12H21NO5. The lowest BCUT2D eigenvalue weighted by Crippen LogP contribution is -2.55. The van der Waals surface area contributed by atoms with Crippen LogP contribution in [-0.4, -0.2) is 41.5 Å². The van der Waals surface area contributed by atoms with E-state index in [4.69, 9.17) is 4.74 Å². The van der Waals surface area contributed by atoms with Gasteiger partial charge >= 0.3 is 12.1 Å². The molecule has 104 valence electrons. The lowest BCUT2D eigenvalue weighted by atomic mass is 9.98. The second-order valence-electron chi connectivity index (χ2n) is 5.51. The van der Waals surface area contributed by atoms with Gasteiger partial charge < -0.3 is 19.9 Å². The molecule has 0 aromatic carbocycles. The van der Waals surface area contributed by atoms with Crippen molar-refractivity contribution in [2.24, 2.45) is 0 Å². The van der Waals surface area contributed by atoms with Crippen LogP contribution in [0, 0.1) is 0 Å². The second-order valence-corrected chi connectivity index (χ2v) is 5.51. The first-order valence-electron chi connectivity index (χ1n) is 5.99. The minimum Gasteiger partial charge on any atom is -0.467 e. The van der Waals surface area contributed by atoms with E-state index >= 15 is 0 Å². The molecule has 1 saturated carbocycles. The zero-order valence-electron chi connectivity index (χ0n) is 11.3. The van der Waals surface area contributed by atoms with Crippen molar-refractivity contribution in [3.05, 3.63) is 0 Å². The molecule has 0 spiro atoms. The summed E-state index contributed by atoms with van der Waals surface area (Å²) in [6.45, 7) is 5.23. The van der Waals surface area contributed by atoms with Crippen LogP contribution in [0.5, 0.6) is 0 Å². The average Bonchev–Trinajstić information content (AvgIpc) is 2.57. The predicted molar refractivity (Wildman–Crippen MR) is 64.0 cm³/mol. The predicted octanol–water partition coefficient (Wildman–Crippen LogP) is 0.968. The maximum Gasteiger partial charge on any atom is 0.407 e. The van der Waals surface area contributed by atoms with Gasteiger partial charge in [0.25, 0.3) is 0 Å². The number of esters is 1. The maximum absolute atomic E-state index is 11.6. The molecule has 0 aliphatic heterocycles. The molecule has 18 heavy (non-hydrogen) atoms. The van der Waals surface area contributed by atoms with Gasteiger partial charge in [0.2, 0.25) is 0 Å². The molecule has 0 radical (unpaired) electrons. The Morgan fingerprint density at radius 1 is 1.39 bits per heavy atom. The number of amides is 1. The molecule has 6 nitrogen and oxygen atoms in total. The van der Waals surface area contributed by atoms with E-state index in [1.54, 1.807) is 20.8 Å². The number of rotatable bonds is 2. The van der Waals surface area contributed by atoms with E-state index in [1.807, 2.05) is 0 Å². The molecular weight excluding hydrogens is 238 g/mol. The highest BCUT2D eigenvalue weighted by Crippen LogP contribution is 2.31. The Labute approximate surface area is 107 Å². The summed E-state index contributed by atoms with van der Waals surface area (Å²) in [6, 6.07) is -0.667. The Morgan fingerprint density at radius 3 is 2.50 bits per heavy atom. The summed E-state index contributed by atoms with van der Waals surface area (Å²) in [5.74, 6) is -0.721. The number of aliphatic hydroxyl groups is 1. The fourth-order valence-corrected chi connectivity index (χ4v) is 2.05. The number of ether oxygens (including phenoxy) is 2. The van der Waals surface area contributed by atoms with Crippen molar-refractivity contribution in [2.75, 3.05) is 7.11 Å². The largest absolute Gasteiger partial charge is 0.467 e. The molecule has 0 bridgehead atoms. The van der Waals surface area contributed by atoms with Gasteiger partial charge in [-0.25, -0.2) is 9.59 Å². The smallest absolute Gasteiger partial charge is 0.407 e. The normalized spacial score (nSPS) is 27.7. The minimum absolute atomic E-state index is 0.278. The number of alkyl carbamates (subject to hydrolysis) is 1. The van der Waals surface area contributed by atoms with Gasteiger partial charge in [-0.05, 0) is 40.0 Å². The third-order valence-electron chi connectivity index (χ3n) is 2.86. The van der Waals surface area contributed by atoms with Crippen LogP contribution >= 0.6 is 0 Å². The van der Waals surface area contributed by atoms with Gasteiger partial charge in [0.15, 0.2) is 5.60 Å². The van der Waals surface area contributed by atoms with Crippen molar-refractivity contribution < 1.29 is 24.2 Å². The molecule has 0 heterocycles. The summed E-state index contributed by atoms with van der Waals surface area (Å²) < 4.78 is 9.66. The van der Waals surface area contributed by atoms with Crippen LogP contribution in [0.25, 0.3) is 0 Å². The first kappa shape index (κ1) is 14.8. The fraction of sp³-hybridized carbons (Fsp3) is 0.833. The van der Waals surface area contributed by atoms with Gasteiger partial charge in [0, 0.05) is 0 Å². The number of hydrogen-bond acceptors (Lipinski definition) is 5. The van der Waals surface area contributed by atoms with Crippen molar-refractivity contribution >= 4 is 12.1 Å². The van der Waals surface area contributed by atoms with E-state index in [9.17, 15) is 14.7 Å². The average molecular weight is 259 g/mol. The van der Waals surface area contributed by atoms with Crippen molar-refractivity contribution in [1.82, 2.24) is 5.32 Å². The van der Waals surface area contributed by atoms with Crippen LogP contribution in [0.15, 0.2) is 0 Å². The zero-order chi connectivity index (χ0) is 14.0. The molecule has 1 amide bonds. The van der Waals surface area contributed by atoms with E-state index in [-0.39, 0.29) is 6.42 Å². The molecule has 0 aromatic rings. The van der Waals surface area contributed by atoms with Gasteiger partial charge in [-0.1, -0.05) is 0 Å². The van der Waals surface area contributed by atoms with Crippen LogP contribution in [0.1, 0.15) is 40.0 Å². The summed E-state index contributed by atoms with van der Waals surface area (Å²) in [6.07, 6.45) is 0.800. The minimum atomic E-state index is -1.65. The van der Waals surface area contributed by atoms with Gasteiger partial charge in [0.1, 0.15) is 5.60 Å². The molecule has 0 saturated heterocycles. The summed E-state index contributed by atoms with van der Waals surface area (Å²) >= 11 is 0. The fourth-order valence-electron chi connectivity index (χ4n) is 2.05. The zero-order valence-corrected chi connectivity index (χ0v) is 11.3. The molecule has 1 fully saturated rings. The Balaban J connectivity index is 2.66. The number of nitrogens with one attached hydrogen (secondary N) is 1. The molecule has 1 aliphatic carbocycles. The van der Waals surface area contributed by atoms with Crippen LogP contribution < -0.4 is 5.32 Å². The first-order valence-corrected chi connectivity index (χ1v) is 5.99. The number of hydrogen-bond donors (Lipinski definition) is 2. The topological polar surface area (TPSA) is 84.9 Å². The Kier molecular flexibility index (Phi) is 4.21. The van der Waals surface area contributed by atoms with Gasteiger partial charge in [0.05, 0.1) is 13.2 Å². The third-order valence-corrected chi connectivity index (χ3v) is 2.86. The first-order chi connectivity index (χ1) is 8.19. The van der Waals surface area contributed by atoms with Crippen molar-refractivity contribution in [3.63, 3.8) is 0 Å². The molecule has 1 aliphatic rings. The van der Waals surface area contributed by atoms with Crippen molar-refractivity contribution in [1.29, 1.82) is 0 Å². The molecule has 0 aromatic heterocycles. The highest BCUT2D eigenvalue weighted by atomic mass is 16.6. The second kappa shape index (κ2) is 5.14. The van der Waals surface area contributed by atoms with E-state index < -0.39 is 29.3 Å². The van der Waals surface area contributed by atoms with Gasteiger partial charge in [-0.3, -0.25) is 0 Å². The number of carbonyl (C=O) groups is 2. The van der Waals surface area contributed by atoms with Crippen LogP contribution in [-0.2, 0) is 14.3 Å². The van der Waals surface area contributed by atoms with Crippen LogP contribution in [0.3, 0.4) is 0 Å². The molecule has 2 atom stereocenters. The SMILES string of the molecule is COC(=O)C1(O)CCCC1NC(=O)OC(C)(C)C. The number of methoxy groups -OCH3 is 1. The Bertz CT molecular complexity index is 336. The third kappa shape index (κ3) is 3.35. The quantitative estimate of drug-likeness (QED) is 0.722. The van der Waals surface area contributed by atoms with Crippen molar-refractivity contribution in [2.45, 2.75) is 57.3 Å². The van der Waals surface area contributed by atoms with Crippen molar-refractivity contribution in [3.8, 4) is 0 Å². The highest BCUT2D eigenvalue weighted by Gasteiger charge is 2.49. The summed E-state index contributed by atoms with van der Waals surface area (Å²) in [5.41, 5.74) is -2.27. The van der Waals surface area contributed by atoms with Crippen LogP contribution in [0.2, 0.25) is 0 Å². The molecule has 6 heteroatoms. The lowest BCUT2D eigenvalue weighted by Gasteiger charge is -2.29.